The van der Waals surface area contributed by atoms with Gasteiger partial charge in [0.15, 0.2) is 6.29 Å². The van der Waals surface area contributed by atoms with Gasteiger partial charge in [0, 0.05) is 6.61 Å². The topological polar surface area (TPSA) is 94.5 Å². The first-order chi connectivity index (χ1) is 23.0. The molecular formula is C39H58O7Se. The molecule has 262 valence electrons. The first kappa shape index (κ1) is 36.8. The molecule has 0 bridgehead atoms. The zero-order valence-electron chi connectivity index (χ0n) is 28.3. The van der Waals surface area contributed by atoms with Crippen molar-refractivity contribution in [2.45, 2.75) is 139 Å². The van der Waals surface area contributed by atoms with E-state index in [1.54, 1.807) is 0 Å². The molecule has 2 saturated heterocycles. The van der Waals surface area contributed by atoms with Crippen LogP contribution < -0.4 is 4.46 Å². The Labute approximate surface area is 289 Å². The molecule has 0 aromatic heterocycles. The molecule has 2 aliphatic carbocycles. The van der Waals surface area contributed by atoms with Crippen molar-refractivity contribution in [3.05, 3.63) is 54.6 Å². The number of aliphatic hydroxyl groups is 1. The number of allylic oxidation sites excluding steroid dienone is 2. The van der Waals surface area contributed by atoms with Crippen LogP contribution in [-0.4, -0.2) is 75.2 Å². The molecule has 2 aliphatic heterocycles. The van der Waals surface area contributed by atoms with Crippen LogP contribution >= 0.6 is 0 Å². The molecule has 47 heavy (non-hydrogen) atoms. The molecule has 4 aliphatic rings. The number of aliphatic hydroxyl groups excluding tert-OH is 1. The minimum Gasteiger partial charge on any atom is -0.353 e. The van der Waals surface area contributed by atoms with Crippen molar-refractivity contribution in [1.29, 1.82) is 0 Å². The number of hydrogen-bond acceptors (Lipinski definition) is 6. The summed E-state index contributed by atoms with van der Waals surface area (Å²) < 4.78 is 26.3. The van der Waals surface area contributed by atoms with Crippen molar-refractivity contribution >= 4 is 25.4 Å². The van der Waals surface area contributed by atoms with E-state index in [1.807, 2.05) is 30.3 Å². The average molecular weight is 718 g/mol. The molecule has 0 radical (unpaired) electrons. The van der Waals surface area contributed by atoms with Gasteiger partial charge in [-0.25, -0.2) is 0 Å². The van der Waals surface area contributed by atoms with Gasteiger partial charge in [-0.1, -0.05) is 26.2 Å². The van der Waals surface area contributed by atoms with Gasteiger partial charge in [-0.3, -0.25) is 0 Å². The SMILES string of the molecule is CCCC1CCC([C@@H](/C=C/[C@@H]2[C@@H](C/C=C\CCC([Se]c3ccccc3)C(=O)O)[C@@H](OC3CCCCO3)C[C@H]2O)OC2CCCCO2)C1. The molecule has 1 aromatic rings. The molecule has 2 heterocycles. The Kier molecular flexibility index (Phi) is 15.3. The standard InChI is InChI=1S/C39H58O7Se/c1-2-13-28-20-21-29(26-28)34(45-37-18-9-11-24-43-37)23-22-31-32(35(27-33(31)40)46-38-19-10-12-25-44-38)16-7-4-8-17-36(39(41)42)47-30-14-5-3-6-15-30/h3-7,14-15,22-23,28-29,31-38,40H,2,8-13,16-21,24-27H2,1H3,(H,41,42)/b7-4-,23-22+/t28?,29?,31-,32-,33-,34-,35+,36?,37?,38?/m1/s1. The fourth-order valence-electron chi connectivity index (χ4n) is 8.00. The molecule has 10 atom stereocenters. The van der Waals surface area contributed by atoms with E-state index in [1.165, 1.54) is 32.1 Å². The third kappa shape index (κ3) is 11.5. The third-order valence-electron chi connectivity index (χ3n) is 10.5. The van der Waals surface area contributed by atoms with Crippen molar-refractivity contribution in [3.63, 3.8) is 0 Å². The molecule has 4 fully saturated rings. The molecule has 1 aromatic carbocycles. The van der Waals surface area contributed by atoms with Gasteiger partial charge in [0.2, 0.25) is 0 Å². The summed E-state index contributed by atoms with van der Waals surface area (Å²) in [7, 11) is 0. The number of carboxylic acid groups (broad SMARTS) is 1. The fourth-order valence-corrected chi connectivity index (χ4v) is 10.1. The summed E-state index contributed by atoms with van der Waals surface area (Å²) in [5.74, 6) is 0.593. The Balaban J connectivity index is 1.25. The minimum absolute atomic E-state index is 0.00978. The van der Waals surface area contributed by atoms with Gasteiger partial charge in [0.1, 0.15) is 0 Å². The van der Waals surface area contributed by atoms with Crippen molar-refractivity contribution in [1.82, 2.24) is 0 Å². The molecule has 0 amide bonds. The number of carboxylic acids is 1. The molecule has 8 heteroatoms. The molecule has 2 N–H and O–H groups in total. The van der Waals surface area contributed by atoms with Crippen LogP contribution in [0.5, 0.6) is 0 Å². The summed E-state index contributed by atoms with van der Waals surface area (Å²) >= 11 is -0.109. The number of hydrogen-bond donors (Lipinski definition) is 2. The van der Waals surface area contributed by atoms with E-state index in [-0.39, 0.29) is 56.4 Å². The van der Waals surface area contributed by atoms with Gasteiger partial charge in [-0.2, -0.15) is 0 Å². The van der Waals surface area contributed by atoms with Crippen molar-refractivity contribution in [2.24, 2.45) is 23.7 Å². The molecular weight excluding hydrogens is 659 g/mol. The minimum atomic E-state index is -0.717. The Morgan fingerprint density at radius 1 is 1.00 bits per heavy atom. The van der Waals surface area contributed by atoms with Crippen LogP contribution in [0.3, 0.4) is 0 Å². The summed E-state index contributed by atoms with van der Waals surface area (Å²) in [6.07, 6.45) is 23.0. The van der Waals surface area contributed by atoms with Crippen LogP contribution in [0.2, 0.25) is 4.82 Å². The van der Waals surface area contributed by atoms with E-state index in [0.29, 0.717) is 18.8 Å². The summed E-state index contributed by atoms with van der Waals surface area (Å²) in [6, 6.07) is 9.96. The second kappa shape index (κ2) is 19.6. The second-order valence-corrected chi connectivity index (χ2v) is 16.7. The molecule has 5 rings (SSSR count). The zero-order valence-corrected chi connectivity index (χ0v) is 30.0. The predicted octanol–water partition coefficient (Wildman–Crippen LogP) is 7.21. The van der Waals surface area contributed by atoms with Crippen LogP contribution in [0, 0.1) is 23.7 Å². The van der Waals surface area contributed by atoms with Crippen LogP contribution in [0.25, 0.3) is 0 Å². The van der Waals surface area contributed by atoms with Crippen LogP contribution in [0.1, 0.15) is 103 Å². The second-order valence-electron chi connectivity index (χ2n) is 14.1. The van der Waals surface area contributed by atoms with Gasteiger partial charge in [-0.05, 0) is 44.4 Å². The average Bonchev–Trinajstić information content (AvgIpc) is 3.67. The number of aliphatic carboxylic acids is 1. The van der Waals surface area contributed by atoms with E-state index in [9.17, 15) is 15.0 Å². The quantitative estimate of drug-likeness (QED) is 0.130. The molecule has 5 unspecified atom stereocenters. The van der Waals surface area contributed by atoms with Crippen LogP contribution in [0.4, 0.5) is 0 Å². The van der Waals surface area contributed by atoms with E-state index in [0.717, 1.165) is 75.0 Å². The van der Waals surface area contributed by atoms with Crippen LogP contribution in [0.15, 0.2) is 54.6 Å². The van der Waals surface area contributed by atoms with Gasteiger partial charge in [0.05, 0.1) is 0 Å². The number of ether oxygens (including phenoxy) is 4. The van der Waals surface area contributed by atoms with E-state index in [2.05, 4.69) is 31.2 Å². The Morgan fingerprint density at radius 3 is 2.47 bits per heavy atom. The van der Waals surface area contributed by atoms with Crippen LogP contribution in [-0.2, 0) is 23.7 Å². The molecule has 7 nitrogen and oxygen atoms in total. The summed E-state index contributed by atoms with van der Waals surface area (Å²) in [4.78, 5) is 11.6. The van der Waals surface area contributed by atoms with Gasteiger partial charge in [-0.15, -0.1) is 0 Å². The molecule has 0 spiro atoms. The van der Waals surface area contributed by atoms with E-state index in [4.69, 9.17) is 18.9 Å². The summed E-state index contributed by atoms with van der Waals surface area (Å²) in [5.41, 5.74) is 0. The van der Waals surface area contributed by atoms with Crippen molar-refractivity contribution < 1.29 is 34.0 Å². The zero-order chi connectivity index (χ0) is 32.8. The number of rotatable bonds is 17. The maximum atomic E-state index is 12.0. The van der Waals surface area contributed by atoms with Gasteiger partial charge in [0.25, 0.3) is 0 Å². The fraction of sp³-hybridized carbons (Fsp3) is 0.718. The van der Waals surface area contributed by atoms with E-state index < -0.39 is 12.1 Å². The predicted molar refractivity (Wildman–Crippen MR) is 186 cm³/mol. The molecule has 2 saturated carbocycles. The van der Waals surface area contributed by atoms with Gasteiger partial charge < -0.3 is 4.74 Å². The first-order valence-corrected chi connectivity index (χ1v) is 20.3. The third-order valence-corrected chi connectivity index (χ3v) is 13.2. The normalized spacial score (nSPS) is 33.1. The smallest absolute Gasteiger partial charge is 0.353 e. The Hall–Kier alpha value is -1.51. The maximum absolute atomic E-state index is 12.0. The van der Waals surface area contributed by atoms with Crippen molar-refractivity contribution in [2.75, 3.05) is 13.2 Å². The summed E-state index contributed by atoms with van der Waals surface area (Å²) in [6.45, 7) is 3.77. The monoisotopic (exact) mass is 718 g/mol. The number of benzene rings is 1. The van der Waals surface area contributed by atoms with E-state index >= 15 is 0 Å². The van der Waals surface area contributed by atoms with Crippen molar-refractivity contribution in [3.8, 4) is 0 Å². The summed E-state index contributed by atoms with van der Waals surface area (Å²) in [5, 5.41) is 21.3. The number of carbonyl (C=O) groups is 1. The first-order valence-electron chi connectivity index (χ1n) is 18.5. The van der Waals surface area contributed by atoms with Gasteiger partial charge >= 0.3 is 202 Å². The Morgan fingerprint density at radius 2 is 1.77 bits per heavy atom. The Bertz CT molecular complexity index is 1100.